The molecule has 2 unspecified atom stereocenters. The normalized spacial score (nSPS) is 21.3. The Morgan fingerprint density at radius 3 is 3.10 bits per heavy atom. The third-order valence-electron chi connectivity index (χ3n) is 4.32. The number of carbonyl (C=O) groups is 1. The molecule has 4 nitrogen and oxygen atoms in total. The van der Waals surface area contributed by atoms with Gasteiger partial charge in [-0.25, -0.2) is 0 Å². The van der Waals surface area contributed by atoms with Gasteiger partial charge in [-0.1, -0.05) is 18.2 Å². The molecule has 0 bridgehead atoms. The van der Waals surface area contributed by atoms with E-state index < -0.39 is 0 Å². The number of carbonyl (C=O) groups excluding carboxylic acids is 1. The van der Waals surface area contributed by atoms with Crippen molar-refractivity contribution < 1.29 is 4.79 Å². The van der Waals surface area contributed by atoms with Crippen LogP contribution in [0, 0.1) is 17.2 Å². The fraction of sp³-hybridized carbons (Fsp3) is 0.412. The van der Waals surface area contributed by atoms with Crippen LogP contribution in [-0.2, 0) is 11.2 Å². The van der Waals surface area contributed by atoms with Crippen molar-refractivity contribution in [1.82, 2.24) is 10.3 Å². The van der Waals surface area contributed by atoms with Crippen LogP contribution >= 0.6 is 0 Å². The van der Waals surface area contributed by atoms with Gasteiger partial charge in [-0.2, -0.15) is 5.26 Å². The number of fused-ring (bicyclic) bond motifs is 1. The van der Waals surface area contributed by atoms with Crippen LogP contribution in [-0.4, -0.2) is 16.9 Å². The van der Waals surface area contributed by atoms with Crippen molar-refractivity contribution in [1.29, 1.82) is 5.26 Å². The summed E-state index contributed by atoms with van der Waals surface area (Å²) in [6, 6.07) is 10.5. The Bertz CT molecular complexity index is 683. The third-order valence-corrected chi connectivity index (χ3v) is 4.32. The Balaban J connectivity index is 1.58. The number of nitriles is 1. The summed E-state index contributed by atoms with van der Waals surface area (Å²) in [5.41, 5.74) is 2.28. The molecule has 108 valence electrons. The Morgan fingerprint density at radius 1 is 1.38 bits per heavy atom. The van der Waals surface area contributed by atoms with Gasteiger partial charge in [0.1, 0.15) is 0 Å². The number of H-pyrrole nitrogens is 1. The van der Waals surface area contributed by atoms with Gasteiger partial charge in [-0.15, -0.1) is 0 Å². The summed E-state index contributed by atoms with van der Waals surface area (Å²) < 4.78 is 0. The molecule has 2 N–H and O–H groups in total. The average molecular weight is 281 g/mol. The molecule has 1 amide bonds. The number of benzene rings is 1. The van der Waals surface area contributed by atoms with Crippen molar-refractivity contribution in [2.45, 2.75) is 38.1 Å². The molecule has 3 rings (SSSR count). The molecule has 1 saturated carbocycles. The predicted octanol–water partition coefficient (Wildman–Crippen LogP) is 2.91. The van der Waals surface area contributed by atoms with Crippen LogP contribution in [0.25, 0.3) is 10.9 Å². The van der Waals surface area contributed by atoms with Gasteiger partial charge >= 0.3 is 0 Å². The van der Waals surface area contributed by atoms with Crippen LogP contribution in [0.15, 0.2) is 30.5 Å². The van der Waals surface area contributed by atoms with E-state index in [9.17, 15) is 4.79 Å². The second kappa shape index (κ2) is 6.01. The number of aromatic nitrogens is 1. The average Bonchev–Trinajstić information content (AvgIpc) is 3.11. The van der Waals surface area contributed by atoms with Crippen molar-refractivity contribution >= 4 is 16.8 Å². The minimum absolute atomic E-state index is 0.0120. The molecule has 2 atom stereocenters. The maximum atomic E-state index is 12.1. The summed E-state index contributed by atoms with van der Waals surface area (Å²) in [6.07, 6.45) is 6.04. The number of hydrogen-bond donors (Lipinski definition) is 2. The van der Waals surface area contributed by atoms with Gasteiger partial charge in [0.15, 0.2) is 0 Å². The first-order chi connectivity index (χ1) is 10.3. The topological polar surface area (TPSA) is 68.7 Å². The van der Waals surface area contributed by atoms with E-state index in [4.69, 9.17) is 5.26 Å². The van der Waals surface area contributed by atoms with Crippen molar-refractivity contribution in [2.24, 2.45) is 5.92 Å². The molecule has 1 aromatic carbocycles. The van der Waals surface area contributed by atoms with Crippen LogP contribution in [0.1, 0.15) is 31.2 Å². The lowest BCUT2D eigenvalue weighted by Gasteiger charge is -2.15. The van der Waals surface area contributed by atoms with Gasteiger partial charge in [-0.05, 0) is 37.3 Å². The molecule has 1 aromatic heterocycles. The highest BCUT2D eigenvalue weighted by molar-refractivity contribution is 5.84. The highest BCUT2D eigenvalue weighted by Gasteiger charge is 2.28. The molecule has 2 aromatic rings. The van der Waals surface area contributed by atoms with E-state index in [0.29, 0.717) is 6.42 Å². The Labute approximate surface area is 124 Å². The standard InChI is InChI=1S/C17H19N3O/c18-10-12-4-3-7-15(12)20-17(21)9-8-13-11-19-16-6-2-1-5-14(13)16/h1-2,5-6,11-12,15,19H,3-4,7-9H2,(H,20,21). The van der Waals surface area contributed by atoms with E-state index in [1.54, 1.807) is 0 Å². The van der Waals surface area contributed by atoms with Crippen LogP contribution < -0.4 is 5.32 Å². The number of nitrogens with zero attached hydrogens (tertiary/aromatic N) is 1. The van der Waals surface area contributed by atoms with E-state index in [2.05, 4.69) is 22.4 Å². The number of amides is 1. The number of para-hydroxylation sites is 1. The minimum Gasteiger partial charge on any atom is -0.361 e. The minimum atomic E-state index is -0.0120. The number of rotatable bonds is 4. The molecule has 1 aliphatic carbocycles. The first kappa shape index (κ1) is 13.7. The summed E-state index contributed by atoms with van der Waals surface area (Å²) in [5, 5.41) is 13.2. The van der Waals surface area contributed by atoms with E-state index in [0.717, 1.165) is 31.2 Å². The fourth-order valence-electron chi connectivity index (χ4n) is 3.15. The van der Waals surface area contributed by atoms with Crippen LogP contribution in [0.3, 0.4) is 0 Å². The van der Waals surface area contributed by atoms with E-state index >= 15 is 0 Å². The maximum Gasteiger partial charge on any atom is 0.220 e. The zero-order valence-corrected chi connectivity index (χ0v) is 11.9. The predicted molar refractivity (Wildman–Crippen MR) is 81.5 cm³/mol. The fourth-order valence-corrected chi connectivity index (χ4v) is 3.15. The molecule has 4 heteroatoms. The number of hydrogen-bond acceptors (Lipinski definition) is 2. The van der Waals surface area contributed by atoms with Gasteiger partial charge in [0.2, 0.25) is 5.91 Å². The van der Waals surface area contributed by atoms with Crippen molar-refractivity contribution in [3.63, 3.8) is 0 Å². The van der Waals surface area contributed by atoms with Gasteiger partial charge in [0.05, 0.1) is 12.0 Å². The number of aromatic amines is 1. The van der Waals surface area contributed by atoms with E-state index in [1.807, 2.05) is 24.4 Å². The number of nitrogens with one attached hydrogen (secondary N) is 2. The van der Waals surface area contributed by atoms with Gasteiger partial charge in [0.25, 0.3) is 0 Å². The third kappa shape index (κ3) is 2.92. The van der Waals surface area contributed by atoms with Gasteiger partial charge < -0.3 is 10.3 Å². The first-order valence-corrected chi connectivity index (χ1v) is 7.52. The molecule has 0 radical (unpaired) electrons. The summed E-state index contributed by atoms with van der Waals surface area (Å²) in [5.74, 6) is 0.0365. The second-order valence-corrected chi connectivity index (χ2v) is 5.70. The number of aryl methyl sites for hydroxylation is 1. The second-order valence-electron chi connectivity index (χ2n) is 5.70. The Kier molecular flexibility index (Phi) is 3.92. The summed E-state index contributed by atoms with van der Waals surface area (Å²) in [4.78, 5) is 15.3. The van der Waals surface area contributed by atoms with E-state index in [1.165, 1.54) is 10.9 Å². The molecule has 0 spiro atoms. The molecule has 0 aliphatic heterocycles. The van der Waals surface area contributed by atoms with Crippen molar-refractivity contribution in [3.8, 4) is 6.07 Å². The first-order valence-electron chi connectivity index (χ1n) is 7.52. The molecule has 1 fully saturated rings. The molecule has 21 heavy (non-hydrogen) atoms. The van der Waals surface area contributed by atoms with Crippen molar-refractivity contribution in [3.05, 3.63) is 36.0 Å². The monoisotopic (exact) mass is 281 g/mol. The summed E-state index contributed by atoms with van der Waals surface area (Å²) >= 11 is 0. The zero-order valence-electron chi connectivity index (χ0n) is 11.9. The molecular formula is C17H19N3O. The Morgan fingerprint density at radius 2 is 2.24 bits per heavy atom. The van der Waals surface area contributed by atoms with Crippen LogP contribution in [0.4, 0.5) is 0 Å². The smallest absolute Gasteiger partial charge is 0.220 e. The zero-order chi connectivity index (χ0) is 14.7. The molecular weight excluding hydrogens is 262 g/mol. The van der Waals surface area contributed by atoms with Crippen molar-refractivity contribution in [2.75, 3.05) is 0 Å². The van der Waals surface area contributed by atoms with Crippen LogP contribution in [0.5, 0.6) is 0 Å². The summed E-state index contributed by atoms with van der Waals surface area (Å²) in [7, 11) is 0. The van der Waals surface area contributed by atoms with Crippen LogP contribution in [0.2, 0.25) is 0 Å². The lowest BCUT2D eigenvalue weighted by molar-refractivity contribution is -0.121. The SMILES string of the molecule is N#CC1CCCC1NC(=O)CCc1c[nH]c2ccccc12. The highest BCUT2D eigenvalue weighted by Crippen LogP contribution is 2.25. The largest absolute Gasteiger partial charge is 0.361 e. The quantitative estimate of drug-likeness (QED) is 0.904. The summed E-state index contributed by atoms with van der Waals surface area (Å²) in [6.45, 7) is 0. The highest BCUT2D eigenvalue weighted by atomic mass is 16.1. The van der Waals surface area contributed by atoms with E-state index in [-0.39, 0.29) is 17.9 Å². The molecule has 1 aliphatic rings. The lowest BCUT2D eigenvalue weighted by Crippen LogP contribution is -2.36. The molecule has 1 heterocycles. The van der Waals surface area contributed by atoms with Gasteiger partial charge in [0, 0.05) is 29.6 Å². The lowest BCUT2D eigenvalue weighted by atomic mass is 10.0. The van der Waals surface area contributed by atoms with Gasteiger partial charge in [-0.3, -0.25) is 4.79 Å². The Hall–Kier alpha value is -2.28. The molecule has 0 saturated heterocycles. The maximum absolute atomic E-state index is 12.1.